The lowest BCUT2D eigenvalue weighted by Gasteiger charge is -2.20. The number of carboxylic acid groups (broad SMARTS) is 1. The lowest BCUT2D eigenvalue weighted by atomic mass is 9.85. The van der Waals surface area contributed by atoms with Gasteiger partial charge in [-0.05, 0) is 70.2 Å². The maximum absolute atomic E-state index is 14.0. The average Bonchev–Trinajstić information content (AvgIpc) is 3.29. The summed E-state index contributed by atoms with van der Waals surface area (Å²) in [5.41, 5.74) is 3.28. The maximum Gasteiger partial charge on any atom is 0.417 e. The minimum atomic E-state index is -4.59. The van der Waals surface area contributed by atoms with Crippen LogP contribution in [-0.2, 0) is 11.0 Å². The van der Waals surface area contributed by atoms with Gasteiger partial charge in [0.25, 0.3) is 0 Å². The second kappa shape index (κ2) is 9.80. The molecule has 0 aliphatic rings. The lowest BCUT2D eigenvalue weighted by Crippen LogP contribution is -2.10. The van der Waals surface area contributed by atoms with Crippen LogP contribution in [0, 0.1) is 0 Å². The summed E-state index contributed by atoms with van der Waals surface area (Å²) in [7, 11) is 0. The SMILES string of the molecule is CCC(=C(c1ccc(C=CC(=O)O)cc1)c1ccc2[nH]ncc2c1)c1ccc(Cl)cc1C(F)(F)F. The van der Waals surface area contributed by atoms with Gasteiger partial charge in [0.15, 0.2) is 0 Å². The van der Waals surface area contributed by atoms with Crippen molar-refractivity contribution in [1.82, 2.24) is 10.2 Å². The summed E-state index contributed by atoms with van der Waals surface area (Å²) in [5.74, 6) is -1.07. The van der Waals surface area contributed by atoms with E-state index >= 15 is 0 Å². The molecule has 4 rings (SSSR count). The van der Waals surface area contributed by atoms with Crippen molar-refractivity contribution < 1.29 is 23.1 Å². The van der Waals surface area contributed by atoms with E-state index in [0.717, 1.165) is 28.6 Å². The minimum absolute atomic E-state index is 0.00691. The van der Waals surface area contributed by atoms with E-state index in [-0.39, 0.29) is 10.6 Å². The summed E-state index contributed by atoms with van der Waals surface area (Å²) in [5, 5.41) is 16.6. The normalized spacial score (nSPS) is 12.8. The molecule has 178 valence electrons. The number of aromatic nitrogens is 2. The molecule has 0 fully saturated rings. The van der Waals surface area contributed by atoms with Crippen molar-refractivity contribution in [2.45, 2.75) is 19.5 Å². The molecule has 0 amide bonds. The fourth-order valence-electron chi connectivity index (χ4n) is 4.06. The van der Waals surface area contributed by atoms with Gasteiger partial charge < -0.3 is 5.11 Å². The molecule has 0 bridgehead atoms. The Labute approximate surface area is 204 Å². The van der Waals surface area contributed by atoms with Crippen molar-refractivity contribution in [2.24, 2.45) is 0 Å². The van der Waals surface area contributed by atoms with Gasteiger partial charge in [-0.25, -0.2) is 4.79 Å². The number of rotatable bonds is 6. The van der Waals surface area contributed by atoms with Crippen molar-refractivity contribution >= 4 is 45.7 Å². The van der Waals surface area contributed by atoms with Crippen LogP contribution in [0.4, 0.5) is 13.2 Å². The Kier molecular flexibility index (Phi) is 6.80. The quantitative estimate of drug-likeness (QED) is 0.212. The van der Waals surface area contributed by atoms with Crippen molar-refractivity contribution in [1.29, 1.82) is 0 Å². The van der Waals surface area contributed by atoms with Crippen LogP contribution >= 0.6 is 11.6 Å². The summed E-state index contributed by atoms with van der Waals surface area (Å²) in [4.78, 5) is 10.8. The number of H-pyrrole nitrogens is 1. The molecule has 35 heavy (non-hydrogen) atoms. The topological polar surface area (TPSA) is 66.0 Å². The standard InChI is InChI=1S/C27H20ClF3N2O2/c1-2-21(22-10-9-20(28)14-23(22)27(29,30)31)26(18-8-11-24-19(13-18)15-32-33-24)17-6-3-16(4-7-17)5-12-25(34)35/h3-15H,2H2,1H3,(H,32,33)(H,34,35). The fraction of sp³-hybridized carbons (Fsp3) is 0.111. The highest BCUT2D eigenvalue weighted by Crippen LogP contribution is 2.42. The number of fused-ring (bicyclic) bond motifs is 1. The van der Waals surface area contributed by atoms with E-state index in [4.69, 9.17) is 16.7 Å². The zero-order chi connectivity index (χ0) is 25.2. The van der Waals surface area contributed by atoms with Crippen LogP contribution in [0.15, 0.2) is 72.9 Å². The van der Waals surface area contributed by atoms with Gasteiger partial charge in [0.1, 0.15) is 0 Å². The first-order valence-corrected chi connectivity index (χ1v) is 11.1. The van der Waals surface area contributed by atoms with Gasteiger partial charge >= 0.3 is 12.1 Å². The van der Waals surface area contributed by atoms with Crippen LogP contribution in [-0.4, -0.2) is 21.3 Å². The lowest BCUT2D eigenvalue weighted by molar-refractivity contribution is -0.137. The first-order chi connectivity index (χ1) is 16.7. The van der Waals surface area contributed by atoms with Crippen molar-refractivity contribution in [3.63, 3.8) is 0 Å². The van der Waals surface area contributed by atoms with Gasteiger partial charge in [0.05, 0.1) is 17.3 Å². The first-order valence-electron chi connectivity index (χ1n) is 10.7. The third-order valence-corrected chi connectivity index (χ3v) is 5.85. The number of benzene rings is 3. The van der Waals surface area contributed by atoms with Crippen LogP contribution < -0.4 is 0 Å². The monoisotopic (exact) mass is 496 g/mol. The molecule has 2 N–H and O–H groups in total. The number of allylic oxidation sites excluding steroid dienone is 1. The molecule has 0 saturated heterocycles. The van der Waals surface area contributed by atoms with Gasteiger partial charge in [-0.1, -0.05) is 54.9 Å². The van der Waals surface area contributed by atoms with Crippen molar-refractivity contribution in [2.75, 3.05) is 0 Å². The third-order valence-electron chi connectivity index (χ3n) is 5.61. The second-order valence-corrected chi connectivity index (χ2v) is 8.30. The number of hydrogen-bond donors (Lipinski definition) is 2. The highest BCUT2D eigenvalue weighted by Gasteiger charge is 2.35. The summed E-state index contributed by atoms with van der Waals surface area (Å²) in [6.45, 7) is 1.81. The second-order valence-electron chi connectivity index (χ2n) is 7.86. The Morgan fingerprint density at radius 3 is 2.43 bits per heavy atom. The van der Waals surface area contributed by atoms with Crippen LogP contribution in [0.25, 0.3) is 28.1 Å². The van der Waals surface area contributed by atoms with E-state index in [1.165, 1.54) is 18.2 Å². The predicted molar refractivity (Wildman–Crippen MR) is 132 cm³/mol. The van der Waals surface area contributed by atoms with E-state index in [1.54, 1.807) is 30.5 Å². The molecule has 0 saturated carbocycles. The number of carboxylic acids is 1. The number of aromatic amines is 1. The summed E-state index contributed by atoms with van der Waals surface area (Å²) in [6, 6.07) is 16.4. The molecule has 0 aliphatic heterocycles. The van der Waals surface area contributed by atoms with Crippen molar-refractivity contribution in [3.8, 4) is 0 Å². The van der Waals surface area contributed by atoms with Gasteiger partial charge in [0.2, 0.25) is 0 Å². The Bertz CT molecular complexity index is 1450. The molecule has 4 nitrogen and oxygen atoms in total. The number of alkyl halides is 3. The van der Waals surface area contributed by atoms with E-state index in [2.05, 4.69) is 10.2 Å². The predicted octanol–water partition coefficient (Wildman–Crippen LogP) is 7.70. The maximum atomic E-state index is 14.0. The van der Waals surface area contributed by atoms with Crippen LogP contribution in [0.2, 0.25) is 5.02 Å². The van der Waals surface area contributed by atoms with Crippen LogP contribution in [0.3, 0.4) is 0 Å². The van der Waals surface area contributed by atoms with Gasteiger partial charge in [-0.3, -0.25) is 5.10 Å². The van der Waals surface area contributed by atoms with Crippen LogP contribution in [0.1, 0.15) is 41.2 Å². The molecule has 4 aromatic rings. The highest BCUT2D eigenvalue weighted by molar-refractivity contribution is 6.30. The van der Waals surface area contributed by atoms with E-state index in [9.17, 15) is 18.0 Å². The summed E-state index contributed by atoms with van der Waals surface area (Å²) >= 11 is 5.93. The smallest absolute Gasteiger partial charge is 0.417 e. The molecule has 1 aromatic heterocycles. The zero-order valence-corrected chi connectivity index (χ0v) is 19.3. The largest absolute Gasteiger partial charge is 0.478 e. The molecule has 0 spiro atoms. The Morgan fingerprint density at radius 2 is 1.77 bits per heavy atom. The van der Waals surface area contributed by atoms with E-state index in [0.29, 0.717) is 28.7 Å². The summed E-state index contributed by atoms with van der Waals surface area (Å²) in [6.07, 6.45) is -0.130. The molecule has 8 heteroatoms. The number of carbonyl (C=O) groups is 1. The number of nitrogens with zero attached hydrogens (tertiary/aromatic N) is 1. The Hall–Kier alpha value is -3.84. The first kappa shape index (κ1) is 24.3. The van der Waals surface area contributed by atoms with Crippen LogP contribution in [0.5, 0.6) is 0 Å². The molecule has 0 atom stereocenters. The minimum Gasteiger partial charge on any atom is -0.478 e. The fourth-order valence-corrected chi connectivity index (χ4v) is 4.23. The number of halogens is 4. The summed E-state index contributed by atoms with van der Waals surface area (Å²) < 4.78 is 42.0. The third kappa shape index (κ3) is 5.30. The molecule has 0 aliphatic carbocycles. The molecular formula is C27H20ClF3N2O2. The number of hydrogen-bond acceptors (Lipinski definition) is 2. The molecule has 0 radical (unpaired) electrons. The molecule has 1 heterocycles. The van der Waals surface area contributed by atoms with Gasteiger partial charge in [0, 0.05) is 16.5 Å². The van der Waals surface area contributed by atoms with E-state index < -0.39 is 17.7 Å². The zero-order valence-electron chi connectivity index (χ0n) is 18.5. The van der Waals surface area contributed by atoms with Crippen molar-refractivity contribution in [3.05, 3.63) is 106 Å². The average molecular weight is 497 g/mol. The van der Waals surface area contributed by atoms with Gasteiger partial charge in [-0.15, -0.1) is 0 Å². The number of nitrogens with one attached hydrogen (secondary N) is 1. The van der Waals surface area contributed by atoms with Gasteiger partial charge in [-0.2, -0.15) is 18.3 Å². The Morgan fingerprint density at radius 1 is 1.06 bits per heavy atom. The van der Waals surface area contributed by atoms with E-state index in [1.807, 2.05) is 25.1 Å². The number of aliphatic carboxylic acids is 1. The molecule has 3 aromatic carbocycles. The molecular weight excluding hydrogens is 477 g/mol. The Balaban J connectivity index is 1.99. The molecule has 0 unspecified atom stereocenters. The highest BCUT2D eigenvalue weighted by atomic mass is 35.5.